The topological polar surface area (TPSA) is 61.1 Å². The Bertz CT molecular complexity index is 409. The van der Waals surface area contributed by atoms with Gasteiger partial charge in [-0.3, -0.25) is 4.79 Å². The van der Waals surface area contributed by atoms with Gasteiger partial charge in [-0.05, 0) is 6.92 Å². The van der Waals surface area contributed by atoms with E-state index in [2.05, 4.69) is 0 Å². The molecule has 0 unspecified atom stereocenters. The predicted molar refractivity (Wildman–Crippen MR) is 51.7 cm³/mol. The molecule has 70 valence electrons. The van der Waals surface area contributed by atoms with Gasteiger partial charge >= 0.3 is 0 Å². The number of ketones is 1. The minimum Gasteiger partial charge on any atom is -0.511 e. The van der Waals surface area contributed by atoms with Crippen LogP contribution in [0.25, 0.3) is 0 Å². The van der Waals surface area contributed by atoms with Crippen LogP contribution in [-0.2, 0) is 0 Å². The quantitative estimate of drug-likeness (QED) is 0.334. The van der Waals surface area contributed by atoms with Crippen LogP contribution in [0, 0.1) is 11.3 Å². The molecule has 0 aromatic heterocycles. The van der Waals surface area contributed by atoms with Crippen LogP contribution in [0.4, 0.5) is 0 Å². The van der Waals surface area contributed by atoms with E-state index in [1.165, 1.54) is 6.92 Å². The van der Waals surface area contributed by atoms with Crippen molar-refractivity contribution in [2.24, 2.45) is 0 Å². The number of Topliss-reactive ketones (excluding diaryl/α,β-unsaturated/α-hetero) is 1. The fraction of sp³-hybridized carbons (Fsp3) is 0.0909. The molecule has 1 aromatic rings. The molecule has 1 aromatic carbocycles. The second-order valence-corrected chi connectivity index (χ2v) is 2.77. The smallest absolute Gasteiger partial charge is 0.206 e. The first-order chi connectivity index (χ1) is 6.66. The lowest BCUT2D eigenvalue weighted by Gasteiger charge is -1.99. The third kappa shape index (κ3) is 1.99. The second-order valence-electron chi connectivity index (χ2n) is 2.77. The fourth-order valence-corrected chi connectivity index (χ4v) is 1.03. The van der Waals surface area contributed by atoms with E-state index < -0.39 is 5.78 Å². The number of hydrogen-bond donors (Lipinski definition) is 1. The van der Waals surface area contributed by atoms with Crippen molar-refractivity contribution in [3.05, 3.63) is 47.2 Å². The first-order valence-electron chi connectivity index (χ1n) is 4.06. The highest BCUT2D eigenvalue weighted by Crippen LogP contribution is 2.09. The third-order valence-corrected chi connectivity index (χ3v) is 1.74. The van der Waals surface area contributed by atoms with Crippen molar-refractivity contribution in [2.45, 2.75) is 6.92 Å². The zero-order chi connectivity index (χ0) is 10.6. The van der Waals surface area contributed by atoms with Crippen LogP contribution < -0.4 is 0 Å². The van der Waals surface area contributed by atoms with E-state index in [0.717, 1.165) is 0 Å². The molecule has 1 rings (SSSR count). The molecule has 0 bridgehead atoms. The number of carbonyl (C=O) groups excluding carboxylic acids is 1. The zero-order valence-corrected chi connectivity index (χ0v) is 7.69. The maximum Gasteiger partial charge on any atom is 0.206 e. The highest BCUT2D eigenvalue weighted by atomic mass is 16.3. The number of aliphatic hydroxyl groups is 1. The van der Waals surface area contributed by atoms with Crippen LogP contribution >= 0.6 is 0 Å². The van der Waals surface area contributed by atoms with E-state index in [0.29, 0.717) is 5.56 Å². The molecule has 1 N–H and O–H groups in total. The number of nitriles is 1. The largest absolute Gasteiger partial charge is 0.511 e. The van der Waals surface area contributed by atoms with Crippen LogP contribution in [0.1, 0.15) is 17.3 Å². The van der Waals surface area contributed by atoms with Crippen molar-refractivity contribution < 1.29 is 9.90 Å². The molecule has 0 atom stereocenters. The molecule has 0 aliphatic carbocycles. The van der Waals surface area contributed by atoms with Crippen molar-refractivity contribution in [1.29, 1.82) is 5.26 Å². The van der Waals surface area contributed by atoms with E-state index in [1.54, 1.807) is 36.4 Å². The zero-order valence-electron chi connectivity index (χ0n) is 7.69. The summed E-state index contributed by atoms with van der Waals surface area (Å²) >= 11 is 0. The Morgan fingerprint density at radius 1 is 1.36 bits per heavy atom. The second kappa shape index (κ2) is 4.24. The van der Waals surface area contributed by atoms with Crippen LogP contribution in [0.15, 0.2) is 41.7 Å². The van der Waals surface area contributed by atoms with Gasteiger partial charge in [-0.1, -0.05) is 30.3 Å². The number of allylic oxidation sites excluding steroid dienone is 2. The van der Waals surface area contributed by atoms with Gasteiger partial charge in [-0.15, -0.1) is 0 Å². The summed E-state index contributed by atoms with van der Waals surface area (Å²) in [7, 11) is 0. The summed E-state index contributed by atoms with van der Waals surface area (Å²) in [6.07, 6.45) is 0. The summed E-state index contributed by atoms with van der Waals surface area (Å²) in [6.45, 7) is 1.32. The van der Waals surface area contributed by atoms with Gasteiger partial charge < -0.3 is 5.11 Å². The van der Waals surface area contributed by atoms with Gasteiger partial charge in [0, 0.05) is 5.56 Å². The molecular weight excluding hydrogens is 178 g/mol. The fourth-order valence-electron chi connectivity index (χ4n) is 1.03. The Labute approximate surface area is 81.9 Å². The van der Waals surface area contributed by atoms with E-state index in [4.69, 9.17) is 10.4 Å². The van der Waals surface area contributed by atoms with E-state index in [-0.39, 0.29) is 11.3 Å². The van der Waals surface area contributed by atoms with E-state index in [9.17, 15) is 4.79 Å². The molecule has 0 aliphatic heterocycles. The van der Waals surface area contributed by atoms with Gasteiger partial charge in [0.2, 0.25) is 5.78 Å². The van der Waals surface area contributed by atoms with Gasteiger partial charge in [0.25, 0.3) is 0 Å². The molecule has 0 amide bonds. The first kappa shape index (κ1) is 10.0. The molecule has 3 heteroatoms. The summed E-state index contributed by atoms with van der Waals surface area (Å²) in [5, 5.41) is 17.7. The summed E-state index contributed by atoms with van der Waals surface area (Å²) in [5.41, 5.74) is 0.189. The standard InChI is InChI=1S/C11H9NO2/c1-8(13)10(7-12)11(14)9-5-3-2-4-6-9/h2-6,13H,1H3. The van der Waals surface area contributed by atoms with Gasteiger partial charge in [0.05, 0.1) is 0 Å². The highest BCUT2D eigenvalue weighted by molar-refractivity contribution is 6.11. The van der Waals surface area contributed by atoms with Crippen molar-refractivity contribution in [3.63, 3.8) is 0 Å². The normalized spacial score (nSPS) is 11.4. The van der Waals surface area contributed by atoms with Crippen molar-refractivity contribution in [2.75, 3.05) is 0 Å². The van der Waals surface area contributed by atoms with Crippen LogP contribution in [-0.4, -0.2) is 10.9 Å². The van der Waals surface area contributed by atoms with Crippen LogP contribution in [0.2, 0.25) is 0 Å². The first-order valence-corrected chi connectivity index (χ1v) is 4.06. The Kier molecular flexibility index (Phi) is 3.03. The van der Waals surface area contributed by atoms with Crippen LogP contribution in [0.3, 0.4) is 0 Å². The summed E-state index contributed by atoms with van der Waals surface area (Å²) in [4.78, 5) is 11.6. The van der Waals surface area contributed by atoms with Gasteiger partial charge in [-0.25, -0.2) is 0 Å². The molecule has 0 saturated heterocycles. The lowest BCUT2D eigenvalue weighted by molar-refractivity contribution is 0.103. The van der Waals surface area contributed by atoms with E-state index in [1.807, 2.05) is 0 Å². The average molecular weight is 187 g/mol. The third-order valence-electron chi connectivity index (χ3n) is 1.74. The van der Waals surface area contributed by atoms with Gasteiger partial charge in [0.1, 0.15) is 17.4 Å². The number of benzene rings is 1. The Morgan fingerprint density at radius 3 is 2.36 bits per heavy atom. The van der Waals surface area contributed by atoms with E-state index >= 15 is 0 Å². The lowest BCUT2D eigenvalue weighted by Crippen LogP contribution is -2.03. The van der Waals surface area contributed by atoms with Crippen molar-refractivity contribution >= 4 is 5.78 Å². The maximum absolute atomic E-state index is 11.6. The minimum atomic E-state index is -0.451. The number of rotatable bonds is 2. The molecule has 0 aliphatic rings. The molecule has 0 heterocycles. The maximum atomic E-state index is 11.6. The monoisotopic (exact) mass is 187 g/mol. The number of hydrogen-bond acceptors (Lipinski definition) is 3. The van der Waals surface area contributed by atoms with Gasteiger partial charge in [0.15, 0.2) is 0 Å². The number of nitrogens with zero attached hydrogens (tertiary/aromatic N) is 1. The van der Waals surface area contributed by atoms with Crippen LogP contribution in [0.5, 0.6) is 0 Å². The Hall–Kier alpha value is -2.08. The summed E-state index contributed by atoms with van der Waals surface area (Å²) in [6, 6.07) is 10.1. The molecular formula is C11H9NO2. The summed E-state index contributed by atoms with van der Waals surface area (Å²) < 4.78 is 0. The molecule has 0 saturated carbocycles. The number of aliphatic hydroxyl groups excluding tert-OH is 1. The average Bonchev–Trinajstić information content (AvgIpc) is 2.19. The molecule has 14 heavy (non-hydrogen) atoms. The Balaban J connectivity index is 3.11. The Morgan fingerprint density at radius 2 is 1.93 bits per heavy atom. The summed E-state index contributed by atoms with van der Waals surface area (Å²) in [5.74, 6) is -0.700. The molecule has 0 spiro atoms. The highest BCUT2D eigenvalue weighted by Gasteiger charge is 2.13. The van der Waals surface area contributed by atoms with Gasteiger partial charge in [-0.2, -0.15) is 5.26 Å². The predicted octanol–water partition coefficient (Wildman–Crippen LogP) is 2.22. The molecule has 3 nitrogen and oxygen atoms in total. The SMILES string of the molecule is CC(O)=C(C#N)C(=O)c1ccccc1. The molecule has 0 fully saturated rings. The number of carbonyl (C=O) groups is 1. The minimum absolute atomic E-state index is 0.212. The lowest BCUT2D eigenvalue weighted by atomic mass is 10.0. The molecule has 0 radical (unpaired) electrons. The van der Waals surface area contributed by atoms with Crippen molar-refractivity contribution in [1.82, 2.24) is 0 Å². The van der Waals surface area contributed by atoms with Crippen molar-refractivity contribution in [3.8, 4) is 6.07 Å².